The van der Waals surface area contributed by atoms with Gasteiger partial charge in [-0.2, -0.15) is 0 Å². The van der Waals surface area contributed by atoms with E-state index < -0.39 is 6.10 Å². The molecular formula is C15H15ClN2O3. The van der Waals surface area contributed by atoms with Crippen LogP contribution in [-0.2, 0) is 0 Å². The van der Waals surface area contributed by atoms with Gasteiger partial charge in [0.2, 0.25) is 5.76 Å². The lowest BCUT2D eigenvalue weighted by atomic mass is 10.1. The van der Waals surface area contributed by atoms with Crippen molar-refractivity contribution < 1.29 is 14.4 Å². The molecule has 1 aromatic heterocycles. The highest BCUT2D eigenvalue weighted by Crippen LogP contribution is 2.23. The van der Waals surface area contributed by atoms with Gasteiger partial charge in [-0.25, -0.2) is 0 Å². The molecule has 1 saturated heterocycles. The number of aliphatic hydroxyl groups is 1. The summed E-state index contributed by atoms with van der Waals surface area (Å²) in [6, 6.07) is 8.80. The zero-order valence-electron chi connectivity index (χ0n) is 11.3. The third kappa shape index (κ3) is 3.09. The van der Waals surface area contributed by atoms with Crippen molar-refractivity contribution in [2.24, 2.45) is 0 Å². The minimum atomic E-state index is -0.460. The Balaban J connectivity index is 1.80. The smallest absolute Gasteiger partial charge is 0.292 e. The molecule has 2 aromatic rings. The summed E-state index contributed by atoms with van der Waals surface area (Å²) >= 11 is 5.94. The molecule has 1 unspecified atom stereocenters. The topological polar surface area (TPSA) is 66.6 Å². The molecule has 1 aliphatic heterocycles. The molecular weight excluding hydrogens is 292 g/mol. The van der Waals surface area contributed by atoms with Crippen LogP contribution in [0.2, 0.25) is 5.02 Å². The summed E-state index contributed by atoms with van der Waals surface area (Å²) in [6.45, 7) is 0.967. The number of rotatable bonds is 2. The van der Waals surface area contributed by atoms with E-state index in [-0.39, 0.29) is 11.7 Å². The van der Waals surface area contributed by atoms with Crippen molar-refractivity contribution in [3.63, 3.8) is 0 Å². The van der Waals surface area contributed by atoms with E-state index in [2.05, 4.69) is 5.16 Å². The molecule has 1 N–H and O–H groups in total. The number of likely N-dealkylation sites (tertiary alicyclic amines) is 1. The molecule has 1 aromatic carbocycles. The van der Waals surface area contributed by atoms with E-state index in [9.17, 15) is 9.90 Å². The number of aliphatic hydroxyl groups excluding tert-OH is 1. The van der Waals surface area contributed by atoms with Gasteiger partial charge in [0, 0.05) is 29.7 Å². The van der Waals surface area contributed by atoms with Crippen LogP contribution in [0.1, 0.15) is 23.4 Å². The molecule has 5 nitrogen and oxygen atoms in total. The number of amides is 1. The third-order valence-electron chi connectivity index (χ3n) is 3.53. The first kappa shape index (κ1) is 14.1. The Morgan fingerprint density at radius 2 is 2.29 bits per heavy atom. The van der Waals surface area contributed by atoms with Gasteiger partial charge in [0.15, 0.2) is 0 Å². The maximum Gasteiger partial charge on any atom is 0.292 e. The van der Waals surface area contributed by atoms with Gasteiger partial charge in [-0.3, -0.25) is 4.79 Å². The monoisotopic (exact) mass is 306 g/mol. The summed E-state index contributed by atoms with van der Waals surface area (Å²) < 4.78 is 5.14. The molecule has 0 radical (unpaired) electrons. The lowest BCUT2D eigenvalue weighted by Crippen LogP contribution is -2.42. The van der Waals surface area contributed by atoms with Crippen molar-refractivity contribution in [3.05, 3.63) is 41.1 Å². The number of hydrogen-bond acceptors (Lipinski definition) is 4. The van der Waals surface area contributed by atoms with Crippen molar-refractivity contribution in [1.82, 2.24) is 10.1 Å². The predicted octanol–water partition coefficient (Wildman–Crippen LogP) is 2.59. The Labute approximate surface area is 127 Å². The van der Waals surface area contributed by atoms with E-state index in [1.165, 1.54) is 0 Å². The molecule has 6 heteroatoms. The minimum Gasteiger partial charge on any atom is -0.391 e. The SMILES string of the molecule is O=C(c1cc(-c2cccc(Cl)c2)no1)N1CCCC(O)C1. The Bertz CT molecular complexity index is 656. The van der Waals surface area contributed by atoms with Gasteiger partial charge in [0.05, 0.1) is 6.10 Å². The predicted molar refractivity (Wildman–Crippen MR) is 78.1 cm³/mol. The Kier molecular flexibility index (Phi) is 3.94. The van der Waals surface area contributed by atoms with E-state index in [1.54, 1.807) is 23.1 Å². The maximum absolute atomic E-state index is 12.3. The largest absolute Gasteiger partial charge is 0.391 e. The van der Waals surface area contributed by atoms with E-state index in [0.29, 0.717) is 23.8 Å². The Morgan fingerprint density at radius 1 is 1.43 bits per heavy atom. The molecule has 21 heavy (non-hydrogen) atoms. The Morgan fingerprint density at radius 3 is 3.05 bits per heavy atom. The molecule has 110 valence electrons. The molecule has 0 saturated carbocycles. The fraction of sp³-hybridized carbons (Fsp3) is 0.333. The summed E-state index contributed by atoms with van der Waals surface area (Å²) in [7, 11) is 0. The van der Waals surface area contributed by atoms with E-state index in [0.717, 1.165) is 18.4 Å². The first-order valence-electron chi connectivity index (χ1n) is 6.83. The molecule has 1 atom stereocenters. The van der Waals surface area contributed by atoms with Gasteiger partial charge in [0.1, 0.15) is 5.69 Å². The summed E-state index contributed by atoms with van der Waals surface area (Å²) in [5.41, 5.74) is 1.36. The van der Waals surface area contributed by atoms with Crippen LogP contribution < -0.4 is 0 Å². The molecule has 1 aliphatic rings. The minimum absolute atomic E-state index is 0.180. The van der Waals surface area contributed by atoms with Crippen LogP contribution in [-0.4, -0.2) is 40.3 Å². The average molecular weight is 307 g/mol. The average Bonchev–Trinajstić information content (AvgIpc) is 2.96. The zero-order chi connectivity index (χ0) is 14.8. The molecule has 1 amide bonds. The fourth-order valence-electron chi connectivity index (χ4n) is 2.45. The first-order chi connectivity index (χ1) is 10.1. The second-order valence-corrected chi connectivity index (χ2v) is 5.57. The summed E-state index contributed by atoms with van der Waals surface area (Å²) in [4.78, 5) is 13.9. The highest BCUT2D eigenvalue weighted by molar-refractivity contribution is 6.30. The highest BCUT2D eigenvalue weighted by atomic mass is 35.5. The summed E-state index contributed by atoms with van der Waals surface area (Å²) in [5, 5.41) is 14.2. The number of β-amino-alcohol motifs (C(OH)–C–C–N with tert-alkyl or cyclic N) is 1. The number of carbonyl (C=O) groups excluding carboxylic acids is 1. The van der Waals surface area contributed by atoms with E-state index in [1.807, 2.05) is 12.1 Å². The van der Waals surface area contributed by atoms with Gasteiger partial charge in [-0.1, -0.05) is 28.9 Å². The van der Waals surface area contributed by atoms with Crippen molar-refractivity contribution in [1.29, 1.82) is 0 Å². The maximum atomic E-state index is 12.3. The number of aromatic nitrogens is 1. The molecule has 3 rings (SSSR count). The van der Waals surface area contributed by atoms with Crippen LogP contribution in [0, 0.1) is 0 Å². The lowest BCUT2D eigenvalue weighted by Gasteiger charge is -2.29. The van der Waals surface area contributed by atoms with Gasteiger partial charge in [0.25, 0.3) is 5.91 Å². The number of piperidine rings is 1. The zero-order valence-corrected chi connectivity index (χ0v) is 12.1. The Hall–Kier alpha value is -1.85. The number of nitrogens with zero attached hydrogens (tertiary/aromatic N) is 2. The van der Waals surface area contributed by atoms with Crippen molar-refractivity contribution in [2.75, 3.05) is 13.1 Å². The lowest BCUT2D eigenvalue weighted by molar-refractivity contribution is 0.0441. The number of benzene rings is 1. The van der Waals surface area contributed by atoms with Crippen molar-refractivity contribution in [3.8, 4) is 11.3 Å². The van der Waals surface area contributed by atoms with Crippen molar-refractivity contribution >= 4 is 17.5 Å². The van der Waals surface area contributed by atoms with Crippen LogP contribution >= 0.6 is 11.6 Å². The van der Waals surface area contributed by atoms with Gasteiger partial charge in [-0.05, 0) is 25.0 Å². The molecule has 2 heterocycles. The third-order valence-corrected chi connectivity index (χ3v) is 3.76. The quantitative estimate of drug-likeness (QED) is 0.926. The number of halogens is 1. The van der Waals surface area contributed by atoms with Crippen LogP contribution in [0.3, 0.4) is 0 Å². The highest BCUT2D eigenvalue weighted by Gasteiger charge is 2.26. The second kappa shape index (κ2) is 5.87. The van der Waals surface area contributed by atoms with Gasteiger partial charge < -0.3 is 14.5 Å². The van der Waals surface area contributed by atoms with Crippen LogP contribution in [0.15, 0.2) is 34.9 Å². The molecule has 1 fully saturated rings. The fourth-order valence-corrected chi connectivity index (χ4v) is 2.65. The van der Waals surface area contributed by atoms with Gasteiger partial charge in [-0.15, -0.1) is 0 Å². The van der Waals surface area contributed by atoms with Crippen LogP contribution in [0.4, 0.5) is 0 Å². The normalized spacial score (nSPS) is 18.8. The number of carbonyl (C=O) groups is 1. The summed E-state index contributed by atoms with van der Waals surface area (Å²) in [5.74, 6) is -0.0615. The van der Waals surface area contributed by atoms with E-state index >= 15 is 0 Å². The van der Waals surface area contributed by atoms with Crippen molar-refractivity contribution in [2.45, 2.75) is 18.9 Å². The molecule has 0 bridgehead atoms. The van der Waals surface area contributed by atoms with Gasteiger partial charge >= 0.3 is 0 Å². The number of hydrogen-bond donors (Lipinski definition) is 1. The molecule has 0 spiro atoms. The summed E-state index contributed by atoms with van der Waals surface area (Å²) in [6.07, 6.45) is 1.06. The van der Waals surface area contributed by atoms with E-state index in [4.69, 9.17) is 16.1 Å². The standard InChI is InChI=1S/C15H15ClN2O3/c16-11-4-1-3-10(7-11)13-8-14(21-17-13)15(20)18-6-2-5-12(19)9-18/h1,3-4,7-8,12,19H,2,5-6,9H2. The first-order valence-corrected chi connectivity index (χ1v) is 7.21. The second-order valence-electron chi connectivity index (χ2n) is 5.13. The van der Waals surface area contributed by atoms with Crippen LogP contribution in [0.25, 0.3) is 11.3 Å². The van der Waals surface area contributed by atoms with Crippen LogP contribution in [0.5, 0.6) is 0 Å². The molecule has 0 aliphatic carbocycles.